The first-order chi connectivity index (χ1) is 10.9. The van der Waals surface area contributed by atoms with Gasteiger partial charge in [0.2, 0.25) is 15.9 Å². The summed E-state index contributed by atoms with van der Waals surface area (Å²) in [7, 11) is -3.95. The van der Waals surface area contributed by atoms with Gasteiger partial charge in [0.1, 0.15) is 16.8 Å². The molecule has 23 heavy (non-hydrogen) atoms. The number of sulfonamides is 1. The lowest BCUT2D eigenvalue weighted by atomic mass is 9.78. The van der Waals surface area contributed by atoms with E-state index in [0.29, 0.717) is 25.8 Å². The topological polar surface area (TPSA) is 90.3 Å². The van der Waals surface area contributed by atoms with Crippen LogP contribution < -0.4 is 5.32 Å². The van der Waals surface area contributed by atoms with E-state index in [1.54, 1.807) is 6.07 Å². The summed E-state index contributed by atoms with van der Waals surface area (Å²) in [6.45, 7) is 1.00. The Morgan fingerprint density at radius 3 is 2.52 bits per heavy atom. The molecule has 3 rings (SSSR count). The van der Waals surface area contributed by atoms with Crippen LogP contribution in [0.5, 0.6) is 0 Å². The summed E-state index contributed by atoms with van der Waals surface area (Å²) in [6.07, 6.45) is 1.59. The number of nitriles is 1. The molecule has 0 saturated carbocycles. The zero-order chi connectivity index (χ0) is 16.7. The summed E-state index contributed by atoms with van der Waals surface area (Å²) in [5.41, 5.74) is -0.559. The summed E-state index contributed by atoms with van der Waals surface area (Å²) < 4.78 is 40.1. The highest BCUT2D eigenvalue weighted by molar-refractivity contribution is 7.89. The molecule has 2 heterocycles. The van der Waals surface area contributed by atoms with Crippen LogP contribution in [0.1, 0.15) is 24.8 Å². The third kappa shape index (κ3) is 2.60. The summed E-state index contributed by atoms with van der Waals surface area (Å²) in [5, 5.41) is 11.9. The van der Waals surface area contributed by atoms with Gasteiger partial charge in [-0.3, -0.25) is 4.79 Å². The van der Waals surface area contributed by atoms with Gasteiger partial charge in [0, 0.05) is 19.6 Å². The van der Waals surface area contributed by atoms with Gasteiger partial charge in [0.15, 0.2) is 0 Å². The number of nitrogens with one attached hydrogen (secondary N) is 1. The molecule has 0 unspecified atom stereocenters. The van der Waals surface area contributed by atoms with Gasteiger partial charge in [-0.05, 0) is 37.5 Å². The smallest absolute Gasteiger partial charge is 0.244 e. The first-order valence-corrected chi connectivity index (χ1v) is 8.81. The van der Waals surface area contributed by atoms with Crippen LogP contribution in [0.4, 0.5) is 4.39 Å². The molecule has 0 radical (unpaired) electrons. The van der Waals surface area contributed by atoms with E-state index < -0.39 is 21.3 Å². The van der Waals surface area contributed by atoms with Gasteiger partial charge in [-0.15, -0.1) is 0 Å². The van der Waals surface area contributed by atoms with E-state index in [9.17, 15) is 17.6 Å². The Labute approximate surface area is 133 Å². The predicted octanol–water partition coefficient (Wildman–Crippen LogP) is 0.988. The molecule has 1 aromatic rings. The van der Waals surface area contributed by atoms with Crippen LogP contribution in [-0.4, -0.2) is 38.3 Å². The summed E-state index contributed by atoms with van der Waals surface area (Å²) in [5.74, 6) is -0.718. The minimum atomic E-state index is -3.95. The number of piperidine rings is 1. The highest BCUT2D eigenvalue weighted by Crippen LogP contribution is 2.39. The minimum absolute atomic E-state index is 0.0157. The molecule has 2 fully saturated rings. The number of hydrogen-bond donors (Lipinski definition) is 1. The van der Waals surface area contributed by atoms with Crippen molar-refractivity contribution in [1.29, 1.82) is 5.26 Å². The molecule has 2 aliphatic heterocycles. The van der Waals surface area contributed by atoms with Crippen molar-refractivity contribution in [2.24, 2.45) is 5.41 Å². The first kappa shape index (κ1) is 15.9. The van der Waals surface area contributed by atoms with Crippen molar-refractivity contribution in [3.8, 4) is 6.07 Å². The fourth-order valence-corrected chi connectivity index (χ4v) is 4.88. The Kier molecular flexibility index (Phi) is 3.86. The van der Waals surface area contributed by atoms with Crippen molar-refractivity contribution < 1.29 is 17.6 Å². The lowest BCUT2D eigenvalue weighted by Gasteiger charge is -2.36. The third-order valence-electron chi connectivity index (χ3n) is 4.73. The average molecular weight is 337 g/mol. The summed E-state index contributed by atoms with van der Waals surface area (Å²) in [6, 6.07) is 4.89. The Balaban J connectivity index is 1.87. The molecule has 0 aliphatic carbocycles. The van der Waals surface area contributed by atoms with Gasteiger partial charge in [0.25, 0.3) is 0 Å². The van der Waals surface area contributed by atoms with Gasteiger partial charge in [-0.2, -0.15) is 9.57 Å². The number of nitrogens with zero attached hydrogens (tertiary/aromatic N) is 2. The van der Waals surface area contributed by atoms with Crippen molar-refractivity contribution in [2.45, 2.75) is 24.2 Å². The van der Waals surface area contributed by atoms with Crippen molar-refractivity contribution in [2.75, 3.05) is 19.6 Å². The van der Waals surface area contributed by atoms with Crippen molar-refractivity contribution in [3.05, 3.63) is 29.6 Å². The maximum absolute atomic E-state index is 13.4. The number of carbonyl (C=O) groups excluding carboxylic acids is 1. The fourth-order valence-electron chi connectivity index (χ4n) is 3.29. The van der Waals surface area contributed by atoms with Gasteiger partial charge >= 0.3 is 0 Å². The zero-order valence-electron chi connectivity index (χ0n) is 12.4. The Morgan fingerprint density at radius 1 is 1.26 bits per heavy atom. The Morgan fingerprint density at radius 2 is 1.96 bits per heavy atom. The van der Waals surface area contributed by atoms with E-state index in [1.807, 2.05) is 0 Å². The molecular formula is C15H16FN3O3S. The van der Waals surface area contributed by atoms with Crippen LogP contribution in [0.15, 0.2) is 23.1 Å². The number of benzene rings is 1. The standard InChI is InChI=1S/C15H16FN3O3S/c16-12-2-1-11(10-17)13(9-12)23(21,22)19-7-4-15(5-8-19)3-6-18-14(15)20/h1-2,9H,3-8H2,(H,18,20). The monoisotopic (exact) mass is 337 g/mol. The molecule has 1 aromatic carbocycles. The number of amides is 1. The number of halogens is 1. The van der Waals surface area contributed by atoms with E-state index in [1.165, 1.54) is 4.31 Å². The highest BCUT2D eigenvalue weighted by atomic mass is 32.2. The largest absolute Gasteiger partial charge is 0.356 e. The quantitative estimate of drug-likeness (QED) is 0.871. The average Bonchev–Trinajstić information content (AvgIpc) is 2.88. The molecule has 8 heteroatoms. The van der Waals surface area contributed by atoms with Crippen LogP contribution >= 0.6 is 0 Å². The number of carbonyl (C=O) groups is 1. The van der Waals surface area contributed by atoms with Gasteiger partial charge < -0.3 is 5.32 Å². The second-order valence-corrected chi connectivity index (χ2v) is 7.85. The van der Waals surface area contributed by atoms with Gasteiger partial charge in [0.05, 0.1) is 11.0 Å². The maximum atomic E-state index is 13.4. The van der Waals surface area contributed by atoms with Gasteiger partial charge in [-0.25, -0.2) is 12.8 Å². The molecule has 1 spiro atoms. The number of hydrogen-bond acceptors (Lipinski definition) is 4. The van der Waals surface area contributed by atoms with E-state index in [2.05, 4.69) is 5.32 Å². The van der Waals surface area contributed by atoms with Crippen molar-refractivity contribution in [1.82, 2.24) is 9.62 Å². The highest BCUT2D eigenvalue weighted by Gasteiger charge is 2.46. The van der Waals surface area contributed by atoms with Crippen LogP contribution in [0.3, 0.4) is 0 Å². The second-order valence-electron chi connectivity index (χ2n) is 5.94. The first-order valence-electron chi connectivity index (χ1n) is 7.37. The molecule has 2 aliphatic rings. The van der Waals surface area contributed by atoms with E-state index >= 15 is 0 Å². The molecule has 122 valence electrons. The molecular weight excluding hydrogens is 321 g/mol. The Bertz CT molecular complexity index is 793. The normalized spacial score (nSPS) is 21.1. The van der Waals surface area contributed by atoms with Crippen molar-refractivity contribution >= 4 is 15.9 Å². The molecule has 1 N–H and O–H groups in total. The second kappa shape index (κ2) is 5.58. The predicted molar refractivity (Wildman–Crippen MR) is 79.2 cm³/mol. The third-order valence-corrected chi connectivity index (χ3v) is 6.67. The van der Waals surface area contributed by atoms with Crippen LogP contribution in [0.25, 0.3) is 0 Å². The molecule has 0 aromatic heterocycles. The lowest BCUT2D eigenvalue weighted by molar-refractivity contribution is -0.129. The van der Waals surface area contributed by atoms with Gasteiger partial charge in [-0.1, -0.05) is 0 Å². The van der Waals surface area contributed by atoms with Crippen LogP contribution in [0, 0.1) is 22.6 Å². The number of rotatable bonds is 2. The summed E-state index contributed by atoms with van der Waals surface area (Å²) in [4.78, 5) is 11.6. The van der Waals surface area contributed by atoms with E-state index in [4.69, 9.17) is 5.26 Å². The molecule has 0 bridgehead atoms. The van der Waals surface area contributed by atoms with Crippen LogP contribution in [-0.2, 0) is 14.8 Å². The van der Waals surface area contributed by atoms with Crippen LogP contribution in [0.2, 0.25) is 0 Å². The zero-order valence-corrected chi connectivity index (χ0v) is 13.2. The SMILES string of the molecule is N#Cc1ccc(F)cc1S(=O)(=O)N1CCC2(CCNC2=O)CC1. The van der Waals surface area contributed by atoms with E-state index in [-0.39, 0.29) is 29.5 Å². The molecule has 1 amide bonds. The molecule has 2 saturated heterocycles. The maximum Gasteiger partial charge on any atom is 0.244 e. The fraction of sp³-hybridized carbons (Fsp3) is 0.467. The molecule has 6 nitrogen and oxygen atoms in total. The lowest BCUT2D eigenvalue weighted by Crippen LogP contribution is -2.46. The van der Waals surface area contributed by atoms with E-state index in [0.717, 1.165) is 18.2 Å². The summed E-state index contributed by atoms with van der Waals surface area (Å²) >= 11 is 0. The molecule has 0 atom stereocenters. The van der Waals surface area contributed by atoms with Crippen molar-refractivity contribution in [3.63, 3.8) is 0 Å². The Hall–Kier alpha value is -1.98. The minimum Gasteiger partial charge on any atom is -0.356 e.